The normalized spacial score (nSPS) is 16.2. The van der Waals surface area contributed by atoms with Crippen LogP contribution in [0, 0.1) is 22.7 Å². The number of rotatable bonds is 41. The molecule has 38 heteroatoms. The lowest BCUT2D eigenvalue weighted by Crippen LogP contribution is -2.51. The van der Waals surface area contributed by atoms with Crippen molar-refractivity contribution < 1.29 is 119 Å². The van der Waals surface area contributed by atoms with Gasteiger partial charge in [-0.05, 0) is 31.5 Å². The van der Waals surface area contributed by atoms with Crippen molar-refractivity contribution in [1.29, 1.82) is 0 Å². The Morgan fingerprint density at radius 1 is 0.274 bits per heavy atom. The summed E-state index contributed by atoms with van der Waals surface area (Å²) in [4.78, 5) is 171. The van der Waals surface area contributed by atoms with Crippen molar-refractivity contribution in [3.05, 3.63) is 0 Å². The first-order valence-corrected chi connectivity index (χ1v) is 35.7. The van der Waals surface area contributed by atoms with Crippen LogP contribution >= 0.6 is 0 Å². The Labute approximate surface area is 624 Å². The van der Waals surface area contributed by atoms with Gasteiger partial charge in [-0.3, -0.25) is 116 Å². The van der Waals surface area contributed by atoms with E-state index in [1.165, 1.54) is 9.80 Å². The van der Waals surface area contributed by atoms with E-state index in [4.69, 9.17) is 35.7 Å². The van der Waals surface area contributed by atoms with Gasteiger partial charge in [0.15, 0.2) is 11.6 Å². The minimum absolute atomic E-state index is 0.0241. The lowest BCUT2D eigenvalue weighted by Gasteiger charge is -2.33. The Morgan fingerprint density at radius 3 is 0.717 bits per heavy atom. The van der Waals surface area contributed by atoms with E-state index in [1.807, 2.05) is 70.9 Å². The van der Waals surface area contributed by atoms with Crippen LogP contribution in [0.4, 0.5) is 0 Å². The number of nitrogens with zero attached hydrogens (tertiary/aromatic N) is 14. The zero-order valence-electron chi connectivity index (χ0n) is 65.0. The molecule has 0 unspecified atom stereocenters. The Balaban J connectivity index is 0. The number of carboxylic acids is 11. The molecule has 0 radical (unpaired) electrons. The molecule has 0 aromatic heterocycles. The SMILES string of the molecule is CC(C)(C)C(=O)CN(CN(CC(=O)O)CC(=O)O)CN(CC(=O)O)CC(=O)O.CCN(CC(=O)O)CN(CC(C)C)CN(CC(=O)O)CC(=O)O.CCN1CCN(CC(=O)O)CCN(CC(=O)C(C)(C)C)CCN(CC(=O)O)CC1.CCN1CCN(CC(=O)O)CCN(CC(C)C)CCN(CC(=O)O)CC1. The molecule has 0 amide bonds. The summed E-state index contributed by atoms with van der Waals surface area (Å²) in [6, 6.07) is 0. The van der Waals surface area contributed by atoms with E-state index >= 15 is 0 Å². The molecule has 106 heavy (non-hydrogen) atoms. The van der Waals surface area contributed by atoms with Crippen molar-refractivity contribution in [1.82, 2.24) is 68.6 Å². The first-order chi connectivity index (χ1) is 49.1. The summed E-state index contributed by atoms with van der Waals surface area (Å²) in [6.07, 6.45) is 0. The summed E-state index contributed by atoms with van der Waals surface area (Å²) in [7, 11) is 0. The minimum atomic E-state index is -1.28. The van der Waals surface area contributed by atoms with Crippen molar-refractivity contribution >= 4 is 77.2 Å². The second-order valence-corrected chi connectivity index (χ2v) is 29.4. The monoisotopic (exact) mass is 1520 g/mol. The smallest absolute Gasteiger partial charge is 0.317 e. The predicted molar refractivity (Wildman–Crippen MR) is 390 cm³/mol. The van der Waals surface area contributed by atoms with Crippen LogP contribution in [0.5, 0.6) is 0 Å². The number of carboxylic acid groups (broad SMARTS) is 11. The molecule has 2 aliphatic rings. The molecule has 38 nitrogen and oxygen atoms in total. The predicted octanol–water partition coefficient (Wildman–Crippen LogP) is -1.44. The minimum Gasteiger partial charge on any atom is -0.480 e. The van der Waals surface area contributed by atoms with Crippen LogP contribution in [0.25, 0.3) is 0 Å². The molecule has 0 aliphatic carbocycles. The Morgan fingerprint density at radius 2 is 0.500 bits per heavy atom. The second-order valence-electron chi connectivity index (χ2n) is 29.4. The molecule has 0 spiro atoms. The van der Waals surface area contributed by atoms with Crippen LogP contribution in [-0.4, -0.2) is 451 Å². The number of carbonyl (C=O) groups excluding carboxylic acids is 2. The summed E-state index contributed by atoms with van der Waals surface area (Å²) in [5, 5.41) is 99.3. The maximum Gasteiger partial charge on any atom is 0.317 e. The molecule has 0 saturated carbocycles. The lowest BCUT2D eigenvalue weighted by atomic mass is 9.90. The fourth-order valence-corrected chi connectivity index (χ4v) is 10.9. The zero-order chi connectivity index (χ0) is 81.6. The maximum atomic E-state index is 12.5. The number of Topliss-reactive ketones (excluding diaryl/α,β-unsaturated/α-hetero) is 2. The van der Waals surface area contributed by atoms with Crippen LogP contribution < -0.4 is 0 Å². The van der Waals surface area contributed by atoms with Crippen LogP contribution in [-0.2, 0) is 62.3 Å². The Bertz CT molecular complexity index is 2540. The van der Waals surface area contributed by atoms with Gasteiger partial charge in [0.1, 0.15) is 0 Å². The van der Waals surface area contributed by atoms with Gasteiger partial charge in [-0.25, -0.2) is 0 Å². The average Bonchev–Trinajstić information content (AvgIpc) is 0.868. The molecule has 2 saturated heterocycles. The lowest BCUT2D eigenvalue weighted by molar-refractivity contribution is -0.146. The molecule has 2 heterocycles. The summed E-state index contributed by atoms with van der Waals surface area (Å²) in [5.41, 5.74) is -1.21. The first kappa shape index (κ1) is 101. The van der Waals surface area contributed by atoms with E-state index in [0.29, 0.717) is 78.0 Å². The number of likely N-dealkylation sites (N-methyl/N-ethyl adjacent to an activating group) is 3. The van der Waals surface area contributed by atoms with E-state index in [1.54, 1.807) is 25.7 Å². The van der Waals surface area contributed by atoms with Crippen molar-refractivity contribution in [2.45, 2.75) is 90.0 Å². The van der Waals surface area contributed by atoms with E-state index in [0.717, 1.165) is 81.8 Å². The van der Waals surface area contributed by atoms with Crippen molar-refractivity contribution in [2.75, 3.05) is 249 Å². The van der Waals surface area contributed by atoms with Crippen molar-refractivity contribution in [2.24, 2.45) is 22.7 Å². The zero-order valence-corrected chi connectivity index (χ0v) is 65.0. The molecule has 0 aromatic rings. The fourth-order valence-electron chi connectivity index (χ4n) is 10.9. The second kappa shape index (κ2) is 54.5. The highest BCUT2D eigenvalue weighted by Crippen LogP contribution is 2.17. The van der Waals surface area contributed by atoms with E-state index < -0.39 is 103 Å². The maximum absolute atomic E-state index is 12.5. The molecule has 2 fully saturated rings. The number of hydrogen-bond acceptors (Lipinski definition) is 27. The Kier molecular flexibility index (Phi) is 51.9. The summed E-state index contributed by atoms with van der Waals surface area (Å²) >= 11 is 0. The molecule has 2 rings (SSSR count). The van der Waals surface area contributed by atoms with Crippen LogP contribution in [0.1, 0.15) is 90.0 Å². The van der Waals surface area contributed by atoms with Gasteiger partial charge in [-0.1, -0.05) is 90.0 Å². The molecule has 0 aromatic carbocycles. The summed E-state index contributed by atoms with van der Waals surface area (Å²) < 4.78 is 0. The highest BCUT2D eigenvalue weighted by atomic mass is 16.4. The number of hydrogen-bond donors (Lipinski definition) is 11. The van der Waals surface area contributed by atoms with Crippen molar-refractivity contribution in [3.8, 4) is 0 Å². The van der Waals surface area contributed by atoms with Gasteiger partial charge in [0, 0.05) is 129 Å². The fraction of sp³-hybridized carbons (Fsp3) is 0.809. The van der Waals surface area contributed by atoms with Crippen molar-refractivity contribution in [3.63, 3.8) is 0 Å². The molecule has 614 valence electrons. The van der Waals surface area contributed by atoms with Gasteiger partial charge in [0.2, 0.25) is 0 Å². The third-order valence-corrected chi connectivity index (χ3v) is 16.4. The topological polar surface area (TPSA) is 490 Å². The first-order valence-electron chi connectivity index (χ1n) is 35.7. The summed E-state index contributed by atoms with van der Waals surface area (Å²) in [6.45, 7) is 36.4. The van der Waals surface area contributed by atoms with E-state index in [2.05, 4.69) is 42.4 Å². The van der Waals surface area contributed by atoms with E-state index in [-0.39, 0.29) is 96.4 Å². The van der Waals surface area contributed by atoms with Crippen LogP contribution in [0.3, 0.4) is 0 Å². The highest BCUT2D eigenvalue weighted by molar-refractivity contribution is 5.86. The number of aliphatic carboxylic acids is 11. The summed E-state index contributed by atoms with van der Waals surface area (Å²) in [5.74, 6) is -10.9. The van der Waals surface area contributed by atoms with Gasteiger partial charge in [-0.2, -0.15) is 0 Å². The Hall–Kier alpha value is -7.05. The quantitative estimate of drug-likeness (QED) is 0.0312. The third-order valence-electron chi connectivity index (χ3n) is 16.4. The number of carbonyl (C=O) groups is 13. The van der Waals surface area contributed by atoms with Gasteiger partial charge >= 0.3 is 65.7 Å². The molecule has 0 atom stereocenters. The molecular formula is C68H128N14O24. The van der Waals surface area contributed by atoms with Gasteiger partial charge in [-0.15, -0.1) is 0 Å². The van der Waals surface area contributed by atoms with E-state index in [9.17, 15) is 82.8 Å². The highest BCUT2D eigenvalue weighted by Gasteiger charge is 2.30. The molecule has 11 N–H and O–H groups in total. The standard InChI is InChI=1S/C20H38N4O5.C18H36N4O4.C16H27N3O9.C14H27N3O6/c1-5-21-6-8-23(15-18(26)27)12-10-22(14-17(25)20(2,3)4)11-13-24(9-7-21)16-19(28)29;1-4-19-5-7-21(14-17(23)24)11-9-20(13-16(2)3)10-12-22(8-6-19)15-18(25)26;1-16(2,3)11(20)4-19(9-17(5-12(21)22)6-13(23)24)10-18(7-14(25)26)8-15(27)28;1-4-15(6-12(18)19)9-17(5-11(2)3)10-16(7-13(20)21)8-14(22)23/h5-16H2,1-4H3,(H,26,27)(H,28,29);16H,4-15H2,1-3H3,(H,23,24)(H,25,26);4-10H2,1-3H3,(H,21,22)(H,23,24)(H,25,26)(H,27,28);11H,4-10H2,1-3H3,(H,18,19)(H,20,21)(H,22,23). The molecule has 0 bridgehead atoms. The largest absolute Gasteiger partial charge is 0.480 e. The third kappa shape index (κ3) is 55.4. The van der Waals surface area contributed by atoms with Crippen LogP contribution in [0.15, 0.2) is 0 Å². The van der Waals surface area contributed by atoms with Crippen LogP contribution in [0.2, 0.25) is 0 Å². The number of ketones is 2. The molecule has 2 aliphatic heterocycles. The average molecular weight is 1530 g/mol. The van der Waals surface area contributed by atoms with Gasteiger partial charge < -0.3 is 70.9 Å². The van der Waals surface area contributed by atoms with Gasteiger partial charge in [0.25, 0.3) is 0 Å². The van der Waals surface area contributed by atoms with Gasteiger partial charge in [0.05, 0.1) is 112 Å². The molecular weight excluding hydrogens is 1400 g/mol.